The summed E-state index contributed by atoms with van der Waals surface area (Å²) >= 11 is 6.78. The average molecular weight is 384 g/mol. The van der Waals surface area contributed by atoms with Gasteiger partial charge in [-0.25, -0.2) is 0 Å². The molecule has 2 aromatic rings. The maximum absolute atomic E-state index is 7.60. The van der Waals surface area contributed by atoms with Gasteiger partial charge in [0.1, 0.15) is 17.3 Å². The van der Waals surface area contributed by atoms with Gasteiger partial charge in [-0.1, -0.05) is 37.9 Å². The maximum Gasteiger partial charge on any atom is 0.138 e. The Labute approximate surface area is 128 Å². The van der Waals surface area contributed by atoms with E-state index in [-0.39, 0.29) is 5.84 Å². The van der Waals surface area contributed by atoms with E-state index in [2.05, 4.69) is 31.9 Å². The van der Waals surface area contributed by atoms with Gasteiger partial charge in [0.2, 0.25) is 0 Å². The minimum Gasteiger partial charge on any atom is -0.456 e. The normalized spacial score (nSPS) is 10.3. The SMILES string of the molecule is Cc1ccc(Br)cc1Oc1ccc(Br)cc1C(=N)N. The van der Waals surface area contributed by atoms with Crippen LogP contribution in [0.25, 0.3) is 0 Å². The number of nitrogen functional groups attached to an aromatic ring is 1. The predicted molar refractivity (Wildman–Crippen MR) is 84.1 cm³/mol. The lowest BCUT2D eigenvalue weighted by atomic mass is 10.2. The first-order valence-electron chi connectivity index (χ1n) is 5.55. The fraction of sp³-hybridized carbons (Fsp3) is 0.0714. The van der Waals surface area contributed by atoms with E-state index >= 15 is 0 Å². The van der Waals surface area contributed by atoms with Crippen molar-refractivity contribution in [3.05, 3.63) is 56.5 Å². The van der Waals surface area contributed by atoms with E-state index in [1.807, 2.05) is 31.2 Å². The second-order valence-corrected chi connectivity index (χ2v) is 5.90. The monoisotopic (exact) mass is 382 g/mol. The van der Waals surface area contributed by atoms with Crippen LogP contribution in [0.3, 0.4) is 0 Å². The van der Waals surface area contributed by atoms with E-state index in [1.165, 1.54) is 0 Å². The number of hydrogen-bond donors (Lipinski definition) is 2. The molecular weight excluding hydrogens is 372 g/mol. The zero-order chi connectivity index (χ0) is 14.0. The van der Waals surface area contributed by atoms with Gasteiger partial charge >= 0.3 is 0 Å². The first kappa shape index (κ1) is 14.1. The summed E-state index contributed by atoms with van der Waals surface area (Å²) < 4.78 is 7.66. The summed E-state index contributed by atoms with van der Waals surface area (Å²) in [5, 5.41) is 7.60. The molecular formula is C14H12Br2N2O. The van der Waals surface area contributed by atoms with Crippen molar-refractivity contribution >= 4 is 37.7 Å². The molecule has 2 rings (SSSR count). The third-order valence-corrected chi connectivity index (χ3v) is 3.59. The zero-order valence-electron chi connectivity index (χ0n) is 10.2. The zero-order valence-corrected chi connectivity index (χ0v) is 13.4. The molecule has 0 aromatic heterocycles. The fourth-order valence-corrected chi connectivity index (χ4v) is 2.31. The number of aryl methyl sites for hydroxylation is 1. The van der Waals surface area contributed by atoms with Crippen molar-refractivity contribution in [1.29, 1.82) is 5.41 Å². The Morgan fingerprint density at radius 3 is 2.37 bits per heavy atom. The fourth-order valence-electron chi connectivity index (χ4n) is 1.60. The third-order valence-electron chi connectivity index (χ3n) is 2.60. The molecule has 5 heteroatoms. The first-order chi connectivity index (χ1) is 8.97. The Hall–Kier alpha value is -1.33. The molecule has 2 aromatic carbocycles. The van der Waals surface area contributed by atoms with Crippen molar-refractivity contribution < 1.29 is 4.74 Å². The molecule has 19 heavy (non-hydrogen) atoms. The number of nitrogens with one attached hydrogen (secondary N) is 1. The number of halogens is 2. The molecule has 0 aliphatic heterocycles. The van der Waals surface area contributed by atoms with Gasteiger partial charge in [0, 0.05) is 8.95 Å². The highest BCUT2D eigenvalue weighted by Gasteiger charge is 2.10. The van der Waals surface area contributed by atoms with Crippen molar-refractivity contribution in [2.75, 3.05) is 0 Å². The smallest absolute Gasteiger partial charge is 0.138 e. The molecule has 0 saturated heterocycles. The van der Waals surface area contributed by atoms with Crippen molar-refractivity contribution in [2.45, 2.75) is 6.92 Å². The minimum atomic E-state index is -0.0241. The van der Waals surface area contributed by atoms with Gasteiger partial charge in [-0.3, -0.25) is 5.41 Å². The van der Waals surface area contributed by atoms with E-state index < -0.39 is 0 Å². The number of benzene rings is 2. The molecule has 98 valence electrons. The number of nitrogens with two attached hydrogens (primary N) is 1. The molecule has 0 bridgehead atoms. The quantitative estimate of drug-likeness (QED) is 0.601. The van der Waals surface area contributed by atoms with E-state index in [1.54, 1.807) is 12.1 Å². The number of amidine groups is 1. The highest BCUT2D eigenvalue weighted by Crippen LogP contribution is 2.31. The Morgan fingerprint density at radius 2 is 1.68 bits per heavy atom. The van der Waals surface area contributed by atoms with Crippen LogP contribution < -0.4 is 10.5 Å². The molecule has 0 aliphatic carbocycles. The Balaban J connectivity index is 2.43. The van der Waals surface area contributed by atoms with Crippen LogP contribution in [0.5, 0.6) is 11.5 Å². The third kappa shape index (κ3) is 3.36. The second-order valence-electron chi connectivity index (χ2n) is 4.07. The summed E-state index contributed by atoms with van der Waals surface area (Å²) in [6.45, 7) is 1.97. The minimum absolute atomic E-state index is 0.0241. The molecule has 3 nitrogen and oxygen atoms in total. The van der Waals surface area contributed by atoms with Gasteiger partial charge in [0.25, 0.3) is 0 Å². The van der Waals surface area contributed by atoms with Crippen LogP contribution in [-0.4, -0.2) is 5.84 Å². The topological polar surface area (TPSA) is 59.1 Å². The van der Waals surface area contributed by atoms with E-state index in [0.717, 1.165) is 20.3 Å². The first-order valence-corrected chi connectivity index (χ1v) is 7.14. The standard InChI is InChI=1S/C14H12Br2N2O/c1-8-2-3-10(16)7-13(8)19-12-5-4-9(15)6-11(12)14(17)18/h2-7H,1H3,(H3,17,18). The van der Waals surface area contributed by atoms with Gasteiger partial charge in [0.05, 0.1) is 5.56 Å². The van der Waals surface area contributed by atoms with Gasteiger partial charge < -0.3 is 10.5 Å². The van der Waals surface area contributed by atoms with Crippen molar-refractivity contribution in [3.8, 4) is 11.5 Å². The van der Waals surface area contributed by atoms with Crippen LogP contribution in [-0.2, 0) is 0 Å². The largest absolute Gasteiger partial charge is 0.456 e. The summed E-state index contributed by atoms with van der Waals surface area (Å²) in [6.07, 6.45) is 0. The Bertz CT molecular complexity index is 641. The lowest BCUT2D eigenvalue weighted by Crippen LogP contribution is -2.12. The summed E-state index contributed by atoms with van der Waals surface area (Å²) in [5.41, 5.74) is 7.16. The predicted octanol–water partition coefficient (Wildman–Crippen LogP) is 4.60. The van der Waals surface area contributed by atoms with Crippen LogP contribution in [0.4, 0.5) is 0 Å². The molecule has 0 saturated carbocycles. The molecule has 0 unspecified atom stereocenters. The van der Waals surface area contributed by atoms with Crippen LogP contribution >= 0.6 is 31.9 Å². The number of hydrogen-bond acceptors (Lipinski definition) is 2. The number of ether oxygens (including phenoxy) is 1. The Kier molecular flexibility index (Phi) is 4.27. The van der Waals surface area contributed by atoms with Gasteiger partial charge in [-0.05, 0) is 42.8 Å². The molecule has 0 heterocycles. The molecule has 0 spiro atoms. The highest BCUT2D eigenvalue weighted by molar-refractivity contribution is 9.10. The van der Waals surface area contributed by atoms with Crippen molar-refractivity contribution in [3.63, 3.8) is 0 Å². The average Bonchev–Trinajstić information content (AvgIpc) is 2.35. The van der Waals surface area contributed by atoms with Crippen LogP contribution in [0, 0.1) is 12.3 Å². The highest BCUT2D eigenvalue weighted by atomic mass is 79.9. The van der Waals surface area contributed by atoms with Gasteiger partial charge in [-0.15, -0.1) is 0 Å². The van der Waals surface area contributed by atoms with Gasteiger partial charge in [-0.2, -0.15) is 0 Å². The van der Waals surface area contributed by atoms with Crippen LogP contribution in [0.2, 0.25) is 0 Å². The van der Waals surface area contributed by atoms with E-state index in [9.17, 15) is 0 Å². The van der Waals surface area contributed by atoms with Crippen molar-refractivity contribution in [1.82, 2.24) is 0 Å². The summed E-state index contributed by atoms with van der Waals surface area (Å²) in [6, 6.07) is 11.2. The van der Waals surface area contributed by atoms with Gasteiger partial charge in [0.15, 0.2) is 0 Å². The Morgan fingerprint density at radius 1 is 1.05 bits per heavy atom. The van der Waals surface area contributed by atoms with E-state index in [0.29, 0.717) is 11.3 Å². The molecule has 0 radical (unpaired) electrons. The molecule has 3 N–H and O–H groups in total. The second kappa shape index (κ2) is 5.75. The lowest BCUT2D eigenvalue weighted by Gasteiger charge is -2.13. The summed E-state index contributed by atoms with van der Waals surface area (Å²) in [5.74, 6) is 1.28. The number of rotatable bonds is 3. The van der Waals surface area contributed by atoms with E-state index in [4.69, 9.17) is 15.9 Å². The molecule has 0 aliphatic rings. The maximum atomic E-state index is 7.60. The summed E-state index contributed by atoms with van der Waals surface area (Å²) in [7, 11) is 0. The van der Waals surface area contributed by atoms with Crippen molar-refractivity contribution in [2.24, 2.45) is 5.73 Å². The molecule has 0 atom stereocenters. The van der Waals surface area contributed by atoms with Crippen LogP contribution in [0.1, 0.15) is 11.1 Å². The summed E-state index contributed by atoms with van der Waals surface area (Å²) in [4.78, 5) is 0. The molecule has 0 amide bonds. The molecule has 0 fully saturated rings. The van der Waals surface area contributed by atoms with Crippen LogP contribution in [0.15, 0.2) is 45.3 Å². The lowest BCUT2D eigenvalue weighted by molar-refractivity contribution is 0.477.